The number of hydrogen-bond acceptors (Lipinski definition) is 4. The molecular weight excluding hydrogens is 268 g/mol. The fraction of sp³-hybridized carbons (Fsp3) is 0.545. The SMILES string of the molecule is CN1CCCN(c2ncc(Br)cc2N)CC1. The van der Waals surface area contributed by atoms with Crippen LogP contribution in [-0.4, -0.2) is 43.1 Å². The normalized spacial score (nSPS) is 18.5. The van der Waals surface area contributed by atoms with Gasteiger partial charge in [0.15, 0.2) is 5.82 Å². The Morgan fingerprint density at radius 2 is 2.12 bits per heavy atom. The van der Waals surface area contributed by atoms with Crippen LogP contribution < -0.4 is 10.6 Å². The molecule has 16 heavy (non-hydrogen) atoms. The van der Waals surface area contributed by atoms with Crippen molar-refractivity contribution in [1.82, 2.24) is 9.88 Å². The lowest BCUT2D eigenvalue weighted by Crippen LogP contribution is -2.30. The molecule has 0 bridgehead atoms. The minimum absolute atomic E-state index is 0.749. The largest absolute Gasteiger partial charge is 0.396 e. The number of hydrogen-bond donors (Lipinski definition) is 1. The minimum atomic E-state index is 0.749. The lowest BCUT2D eigenvalue weighted by Gasteiger charge is -2.22. The maximum absolute atomic E-state index is 5.99. The molecule has 0 atom stereocenters. The molecule has 5 heteroatoms. The molecule has 2 N–H and O–H groups in total. The number of nitrogens with two attached hydrogens (primary N) is 1. The van der Waals surface area contributed by atoms with Gasteiger partial charge >= 0.3 is 0 Å². The quantitative estimate of drug-likeness (QED) is 0.850. The van der Waals surface area contributed by atoms with Crippen molar-refractivity contribution < 1.29 is 0 Å². The Morgan fingerprint density at radius 1 is 1.31 bits per heavy atom. The Labute approximate surface area is 105 Å². The predicted octanol–water partition coefficient (Wildman–Crippen LogP) is 1.57. The molecule has 1 fully saturated rings. The average molecular weight is 285 g/mol. The molecule has 1 aromatic heterocycles. The molecule has 1 aromatic rings. The highest BCUT2D eigenvalue weighted by Gasteiger charge is 2.15. The van der Waals surface area contributed by atoms with Gasteiger partial charge in [-0.3, -0.25) is 0 Å². The van der Waals surface area contributed by atoms with E-state index in [0.717, 1.165) is 48.6 Å². The molecule has 1 aliphatic heterocycles. The molecule has 0 radical (unpaired) electrons. The highest BCUT2D eigenvalue weighted by atomic mass is 79.9. The predicted molar refractivity (Wildman–Crippen MR) is 70.7 cm³/mol. The lowest BCUT2D eigenvalue weighted by molar-refractivity contribution is 0.360. The molecule has 0 aromatic carbocycles. The molecule has 1 aliphatic rings. The van der Waals surface area contributed by atoms with E-state index in [9.17, 15) is 0 Å². The van der Waals surface area contributed by atoms with Gasteiger partial charge in [0.05, 0.1) is 5.69 Å². The van der Waals surface area contributed by atoms with Gasteiger partial charge in [0.1, 0.15) is 0 Å². The first-order chi connectivity index (χ1) is 7.66. The number of rotatable bonds is 1. The van der Waals surface area contributed by atoms with Gasteiger partial charge in [0, 0.05) is 30.3 Å². The lowest BCUT2D eigenvalue weighted by atomic mass is 10.3. The van der Waals surface area contributed by atoms with Crippen LogP contribution in [0.3, 0.4) is 0 Å². The molecule has 1 saturated heterocycles. The highest BCUT2D eigenvalue weighted by Crippen LogP contribution is 2.24. The molecule has 0 unspecified atom stereocenters. The van der Waals surface area contributed by atoms with E-state index < -0.39 is 0 Å². The molecule has 0 aliphatic carbocycles. The van der Waals surface area contributed by atoms with Crippen LogP contribution >= 0.6 is 15.9 Å². The minimum Gasteiger partial charge on any atom is -0.396 e. The van der Waals surface area contributed by atoms with Gasteiger partial charge < -0.3 is 15.5 Å². The summed E-state index contributed by atoms with van der Waals surface area (Å²) in [6, 6.07) is 1.91. The molecule has 2 rings (SSSR count). The van der Waals surface area contributed by atoms with Gasteiger partial charge in [0.25, 0.3) is 0 Å². The number of likely N-dealkylation sites (N-methyl/N-ethyl adjacent to an activating group) is 1. The van der Waals surface area contributed by atoms with E-state index in [0.29, 0.717) is 0 Å². The third-order valence-corrected chi connectivity index (χ3v) is 3.31. The first-order valence-electron chi connectivity index (χ1n) is 5.51. The third kappa shape index (κ3) is 2.65. The van der Waals surface area contributed by atoms with Crippen molar-refractivity contribution >= 4 is 27.4 Å². The smallest absolute Gasteiger partial charge is 0.151 e. The number of nitrogens with zero attached hydrogens (tertiary/aromatic N) is 3. The fourth-order valence-electron chi connectivity index (χ4n) is 1.97. The topological polar surface area (TPSA) is 45.4 Å². The molecule has 2 heterocycles. The Balaban J connectivity index is 2.16. The zero-order valence-electron chi connectivity index (χ0n) is 9.49. The van der Waals surface area contributed by atoms with E-state index in [1.54, 1.807) is 6.20 Å². The summed E-state index contributed by atoms with van der Waals surface area (Å²) in [5.74, 6) is 0.915. The van der Waals surface area contributed by atoms with Crippen LogP contribution in [-0.2, 0) is 0 Å². The van der Waals surface area contributed by atoms with Crippen molar-refractivity contribution in [3.63, 3.8) is 0 Å². The van der Waals surface area contributed by atoms with E-state index >= 15 is 0 Å². The Bertz CT molecular complexity index is 369. The second-order valence-corrected chi connectivity index (χ2v) is 5.13. The fourth-order valence-corrected chi connectivity index (χ4v) is 2.32. The molecular formula is C11H17BrN4. The Kier molecular flexibility index (Phi) is 3.66. The van der Waals surface area contributed by atoms with E-state index in [2.05, 4.69) is 37.8 Å². The van der Waals surface area contributed by atoms with Crippen LogP contribution in [0.5, 0.6) is 0 Å². The van der Waals surface area contributed by atoms with Crippen LogP contribution in [0.2, 0.25) is 0 Å². The molecule has 0 amide bonds. The van der Waals surface area contributed by atoms with Gasteiger partial charge in [-0.25, -0.2) is 4.98 Å². The van der Waals surface area contributed by atoms with Gasteiger partial charge in [-0.1, -0.05) is 0 Å². The zero-order chi connectivity index (χ0) is 11.5. The van der Waals surface area contributed by atoms with E-state index in [4.69, 9.17) is 5.73 Å². The standard InChI is InChI=1S/C11H17BrN4/c1-15-3-2-4-16(6-5-15)11-10(13)7-9(12)8-14-11/h7-8H,2-6,13H2,1H3. The Hall–Kier alpha value is -0.810. The summed E-state index contributed by atoms with van der Waals surface area (Å²) in [7, 11) is 2.15. The van der Waals surface area contributed by atoms with E-state index in [1.165, 1.54) is 0 Å². The summed E-state index contributed by atoms with van der Waals surface area (Å²) >= 11 is 3.38. The first kappa shape index (κ1) is 11.7. The summed E-state index contributed by atoms with van der Waals surface area (Å²) in [6.07, 6.45) is 2.97. The van der Waals surface area contributed by atoms with Gasteiger partial charge in [-0.15, -0.1) is 0 Å². The summed E-state index contributed by atoms with van der Waals surface area (Å²) in [6.45, 7) is 4.24. The second kappa shape index (κ2) is 5.01. The van der Waals surface area contributed by atoms with Crippen molar-refractivity contribution in [3.8, 4) is 0 Å². The van der Waals surface area contributed by atoms with Crippen molar-refractivity contribution in [2.75, 3.05) is 43.9 Å². The number of aromatic nitrogens is 1. The summed E-state index contributed by atoms with van der Waals surface area (Å²) in [4.78, 5) is 9.02. The second-order valence-electron chi connectivity index (χ2n) is 4.21. The number of pyridine rings is 1. The van der Waals surface area contributed by atoms with Crippen LogP contribution in [0.4, 0.5) is 11.5 Å². The van der Waals surface area contributed by atoms with Crippen molar-refractivity contribution in [1.29, 1.82) is 0 Å². The molecule has 4 nitrogen and oxygen atoms in total. The van der Waals surface area contributed by atoms with Crippen LogP contribution in [0.25, 0.3) is 0 Å². The molecule has 0 saturated carbocycles. The Morgan fingerprint density at radius 3 is 2.88 bits per heavy atom. The first-order valence-corrected chi connectivity index (χ1v) is 6.30. The van der Waals surface area contributed by atoms with Crippen molar-refractivity contribution in [2.45, 2.75) is 6.42 Å². The van der Waals surface area contributed by atoms with Crippen molar-refractivity contribution in [2.24, 2.45) is 0 Å². The van der Waals surface area contributed by atoms with Crippen LogP contribution in [0.15, 0.2) is 16.7 Å². The third-order valence-electron chi connectivity index (χ3n) is 2.88. The van der Waals surface area contributed by atoms with Crippen LogP contribution in [0.1, 0.15) is 6.42 Å². The van der Waals surface area contributed by atoms with Gasteiger partial charge in [0.2, 0.25) is 0 Å². The van der Waals surface area contributed by atoms with Crippen LogP contribution in [0, 0.1) is 0 Å². The average Bonchev–Trinajstić information content (AvgIpc) is 2.43. The molecule has 88 valence electrons. The number of halogens is 1. The maximum Gasteiger partial charge on any atom is 0.151 e. The summed E-state index contributed by atoms with van der Waals surface area (Å²) in [5, 5.41) is 0. The highest BCUT2D eigenvalue weighted by molar-refractivity contribution is 9.10. The maximum atomic E-state index is 5.99. The van der Waals surface area contributed by atoms with Gasteiger partial charge in [-0.05, 0) is 42.0 Å². The molecule has 0 spiro atoms. The van der Waals surface area contributed by atoms with Crippen molar-refractivity contribution in [3.05, 3.63) is 16.7 Å². The van der Waals surface area contributed by atoms with Gasteiger partial charge in [-0.2, -0.15) is 0 Å². The summed E-state index contributed by atoms with van der Waals surface area (Å²) < 4.78 is 0.931. The summed E-state index contributed by atoms with van der Waals surface area (Å²) in [5.41, 5.74) is 6.74. The number of anilines is 2. The number of nitrogen functional groups attached to an aromatic ring is 1. The van der Waals surface area contributed by atoms with E-state index in [1.807, 2.05) is 6.07 Å². The zero-order valence-corrected chi connectivity index (χ0v) is 11.1. The monoisotopic (exact) mass is 284 g/mol. The van der Waals surface area contributed by atoms with E-state index in [-0.39, 0.29) is 0 Å².